The predicted molar refractivity (Wildman–Crippen MR) is 73.3 cm³/mol. The highest BCUT2D eigenvalue weighted by molar-refractivity contribution is 6.33. The van der Waals surface area contributed by atoms with E-state index in [2.05, 4.69) is 10.3 Å². The summed E-state index contributed by atoms with van der Waals surface area (Å²) in [5, 5.41) is 14.3. The van der Waals surface area contributed by atoms with Crippen LogP contribution in [0.2, 0.25) is 5.02 Å². The number of aryl methyl sites for hydroxylation is 1. The van der Waals surface area contributed by atoms with E-state index in [-0.39, 0.29) is 5.69 Å². The van der Waals surface area contributed by atoms with Crippen molar-refractivity contribution in [2.45, 2.75) is 20.0 Å². The van der Waals surface area contributed by atoms with E-state index in [0.29, 0.717) is 17.3 Å². The number of hydrogen-bond donors (Lipinski definition) is 1. The Morgan fingerprint density at radius 3 is 3.00 bits per heavy atom. The molecule has 2 aromatic rings. The van der Waals surface area contributed by atoms with Crippen LogP contribution in [0.4, 0.5) is 11.4 Å². The van der Waals surface area contributed by atoms with Gasteiger partial charge in [-0.05, 0) is 13.0 Å². The quantitative estimate of drug-likeness (QED) is 0.675. The molecule has 0 atom stereocenters. The van der Waals surface area contributed by atoms with E-state index in [1.54, 1.807) is 12.5 Å². The van der Waals surface area contributed by atoms with E-state index < -0.39 is 4.92 Å². The molecule has 0 aliphatic heterocycles. The lowest BCUT2D eigenvalue weighted by molar-refractivity contribution is -0.384. The van der Waals surface area contributed by atoms with Gasteiger partial charge in [0, 0.05) is 24.9 Å². The zero-order valence-corrected chi connectivity index (χ0v) is 11.1. The molecule has 0 aliphatic carbocycles. The van der Waals surface area contributed by atoms with Crippen LogP contribution in [0.3, 0.4) is 0 Å². The lowest BCUT2D eigenvalue weighted by Crippen LogP contribution is -2.06. The first kappa shape index (κ1) is 13.4. The van der Waals surface area contributed by atoms with E-state index in [9.17, 15) is 10.1 Å². The number of benzene rings is 1. The number of nitro benzene ring substituents is 1. The van der Waals surface area contributed by atoms with Crippen molar-refractivity contribution in [3.63, 3.8) is 0 Å². The summed E-state index contributed by atoms with van der Waals surface area (Å²) in [7, 11) is 0. The molecule has 1 aromatic heterocycles. The Balaban J connectivity index is 2.15. The van der Waals surface area contributed by atoms with Crippen molar-refractivity contribution in [1.29, 1.82) is 0 Å². The lowest BCUT2D eigenvalue weighted by atomic mass is 10.2. The molecule has 1 N–H and O–H groups in total. The monoisotopic (exact) mass is 280 g/mol. The van der Waals surface area contributed by atoms with E-state index in [4.69, 9.17) is 11.6 Å². The number of anilines is 1. The van der Waals surface area contributed by atoms with Crippen LogP contribution in [0.1, 0.15) is 12.6 Å². The Kier molecular flexibility index (Phi) is 4.01. The fourth-order valence-electron chi connectivity index (χ4n) is 1.73. The van der Waals surface area contributed by atoms with Crippen molar-refractivity contribution in [3.8, 4) is 0 Å². The zero-order valence-electron chi connectivity index (χ0n) is 10.3. The van der Waals surface area contributed by atoms with Gasteiger partial charge in [-0.3, -0.25) is 10.1 Å². The van der Waals surface area contributed by atoms with Crippen LogP contribution < -0.4 is 5.32 Å². The van der Waals surface area contributed by atoms with Gasteiger partial charge in [0.05, 0.1) is 34.2 Å². The summed E-state index contributed by atoms with van der Waals surface area (Å²) in [5.74, 6) is 0. The molecule has 1 heterocycles. The number of hydrogen-bond acceptors (Lipinski definition) is 4. The number of rotatable bonds is 5. The molecule has 0 saturated carbocycles. The highest BCUT2D eigenvalue weighted by Crippen LogP contribution is 2.27. The Morgan fingerprint density at radius 1 is 1.53 bits per heavy atom. The predicted octanol–water partition coefficient (Wildman–Crippen LogP) is 3.08. The minimum absolute atomic E-state index is 0.0101. The molecule has 7 heteroatoms. The first-order chi connectivity index (χ1) is 9.11. The fourth-order valence-corrected chi connectivity index (χ4v) is 1.91. The third kappa shape index (κ3) is 3.03. The second-order valence-corrected chi connectivity index (χ2v) is 4.35. The van der Waals surface area contributed by atoms with Crippen molar-refractivity contribution in [2.24, 2.45) is 0 Å². The number of aromatic nitrogens is 2. The summed E-state index contributed by atoms with van der Waals surface area (Å²) in [6.07, 6.45) is 3.49. The van der Waals surface area contributed by atoms with Gasteiger partial charge in [-0.25, -0.2) is 4.98 Å². The van der Waals surface area contributed by atoms with Gasteiger partial charge in [0.1, 0.15) is 0 Å². The van der Waals surface area contributed by atoms with Gasteiger partial charge < -0.3 is 9.88 Å². The molecule has 6 nitrogen and oxygen atoms in total. The van der Waals surface area contributed by atoms with Crippen molar-refractivity contribution in [2.75, 3.05) is 5.32 Å². The molecule has 0 spiro atoms. The number of non-ortho nitro benzene ring substituents is 1. The maximum absolute atomic E-state index is 10.7. The molecule has 0 radical (unpaired) electrons. The smallest absolute Gasteiger partial charge is 0.271 e. The molecule has 0 aliphatic rings. The highest BCUT2D eigenvalue weighted by Gasteiger charge is 2.10. The number of imidazole rings is 1. The summed E-state index contributed by atoms with van der Waals surface area (Å²) >= 11 is 6.01. The van der Waals surface area contributed by atoms with Crippen LogP contribution in [0.15, 0.2) is 30.7 Å². The van der Waals surface area contributed by atoms with E-state index in [1.165, 1.54) is 18.2 Å². The minimum Gasteiger partial charge on any atom is -0.378 e. The van der Waals surface area contributed by atoms with Crippen LogP contribution in [0.25, 0.3) is 0 Å². The summed E-state index contributed by atoms with van der Waals surface area (Å²) in [4.78, 5) is 14.3. The summed E-state index contributed by atoms with van der Waals surface area (Å²) < 4.78 is 1.98. The van der Waals surface area contributed by atoms with Crippen LogP contribution in [0.5, 0.6) is 0 Å². The molecular formula is C12H13ClN4O2. The Morgan fingerprint density at radius 2 is 2.32 bits per heavy atom. The summed E-state index contributed by atoms with van der Waals surface area (Å²) in [6.45, 7) is 3.35. The third-order valence-electron chi connectivity index (χ3n) is 2.76. The minimum atomic E-state index is -0.447. The van der Waals surface area contributed by atoms with Crippen molar-refractivity contribution < 1.29 is 4.92 Å². The Bertz CT molecular complexity index is 597. The van der Waals surface area contributed by atoms with Crippen LogP contribution >= 0.6 is 11.6 Å². The molecule has 0 fully saturated rings. The standard InChI is InChI=1S/C12H13ClN4O2/c1-2-16-8-14-6-10(16)7-15-12-5-9(17(18)19)3-4-11(12)13/h3-6,8,15H,2,7H2,1H3. The highest BCUT2D eigenvalue weighted by atomic mass is 35.5. The first-order valence-corrected chi connectivity index (χ1v) is 6.16. The average Bonchev–Trinajstić information content (AvgIpc) is 2.85. The van der Waals surface area contributed by atoms with Gasteiger partial charge in [0.2, 0.25) is 0 Å². The Labute approximate surface area is 115 Å². The van der Waals surface area contributed by atoms with Gasteiger partial charge in [-0.1, -0.05) is 11.6 Å². The van der Waals surface area contributed by atoms with Crippen LogP contribution in [0, 0.1) is 10.1 Å². The molecule has 0 saturated heterocycles. The SMILES string of the molecule is CCn1cncc1CNc1cc([N+](=O)[O-])ccc1Cl. The third-order valence-corrected chi connectivity index (χ3v) is 3.09. The van der Waals surface area contributed by atoms with Gasteiger partial charge in [0.15, 0.2) is 0 Å². The number of halogens is 1. The summed E-state index contributed by atoms with van der Waals surface area (Å²) in [6, 6.07) is 4.32. The second-order valence-electron chi connectivity index (χ2n) is 3.95. The van der Waals surface area contributed by atoms with Crippen molar-refractivity contribution in [3.05, 3.63) is 51.6 Å². The summed E-state index contributed by atoms with van der Waals surface area (Å²) in [5.41, 5.74) is 1.54. The number of nitrogens with zero attached hydrogens (tertiary/aromatic N) is 3. The molecule has 19 heavy (non-hydrogen) atoms. The molecule has 2 rings (SSSR count). The molecule has 1 aromatic carbocycles. The maximum Gasteiger partial charge on any atom is 0.271 e. The molecular weight excluding hydrogens is 268 g/mol. The topological polar surface area (TPSA) is 73.0 Å². The largest absolute Gasteiger partial charge is 0.378 e. The fraction of sp³-hybridized carbons (Fsp3) is 0.250. The number of nitrogens with one attached hydrogen (secondary N) is 1. The average molecular weight is 281 g/mol. The molecule has 0 amide bonds. The van der Waals surface area contributed by atoms with Crippen molar-refractivity contribution >= 4 is 23.0 Å². The normalized spacial score (nSPS) is 10.4. The zero-order chi connectivity index (χ0) is 13.8. The van der Waals surface area contributed by atoms with Gasteiger partial charge >= 0.3 is 0 Å². The van der Waals surface area contributed by atoms with Gasteiger partial charge in [-0.15, -0.1) is 0 Å². The lowest BCUT2D eigenvalue weighted by Gasteiger charge is -2.09. The molecule has 0 unspecified atom stereocenters. The van der Waals surface area contributed by atoms with E-state index >= 15 is 0 Å². The van der Waals surface area contributed by atoms with Crippen LogP contribution in [-0.2, 0) is 13.1 Å². The van der Waals surface area contributed by atoms with Crippen LogP contribution in [-0.4, -0.2) is 14.5 Å². The van der Waals surface area contributed by atoms with E-state index in [0.717, 1.165) is 12.2 Å². The number of nitro groups is 1. The molecule has 0 bridgehead atoms. The van der Waals surface area contributed by atoms with Crippen molar-refractivity contribution in [1.82, 2.24) is 9.55 Å². The van der Waals surface area contributed by atoms with E-state index in [1.807, 2.05) is 11.5 Å². The van der Waals surface area contributed by atoms with Gasteiger partial charge in [0.25, 0.3) is 5.69 Å². The first-order valence-electron chi connectivity index (χ1n) is 5.78. The second kappa shape index (κ2) is 5.71. The maximum atomic E-state index is 10.7. The molecule has 100 valence electrons. The Hall–Kier alpha value is -2.08. The van der Waals surface area contributed by atoms with Gasteiger partial charge in [-0.2, -0.15) is 0 Å².